The number of nitrogens with zero attached hydrogens (tertiary/aromatic N) is 3. The fourth-order valence-corrected chi connectivity index (χ4v) is 1.65. The van der Waals surface area contributed by atoms with Crippen molar-refractivity contribution in [1.29, 1.82) is 0 Å². The predicted molar refractivity (Wildman–Crippen MR) is 68.7 cm³/mol. The predicted octanol–water partition coefficient (Wildman–Crippen LogP) is 2.14. The van der Waals surface area contributed by atoms with E-state index in [-0.39, 0.29) is 22.2 Å². The van der Waals surface area contributed by atoms with Crippen molar-refractivity contribution in [3.8, 4) is 0 Å². The second kappa shape index (κ2) is 5.59. The van der Waals surface area contributed by atoms with Crippen molar-refractivity contribution in [2.24, 2.45) is 0 Å². The maximum absolute atomic E-state index is 10.7. The minimum absolute atomic E-state index is 0.158. The summed E-state index contributed by atoms with van der Waals surface area (Å²) in [5.41, 5.74) is 0.0255. The Labute approximate surface area is 113 Å². The molecule has 0 aliphatic carbocycles. The van der Waals surface area contributed by atoms with E-state index in [2.05, 4.69) is 15.3 Å². The van der Waals surface area contributed by atoms with Gasteiger partial charge in [0, 0.05) is 35.1 Å². The fourth-order valence-electron chi connectivity index (χ4n) is 1.43. The van der Waals surface area contributed by atoms with Gasteiger partial charge in [0.2, 0.25) is 5.95 Å². The van der Waals surface area contributed by atoms with Crippen LogP contribution in [0.15, 0.2) is 36.7 Å². The number of aromatic nitrogens is 2. The minimum Gasteiger partial charge on any atom is -0.369 e. The molecule has 0 saturated carbocycles. The van der Waals surface area contributed by atoms with Gasteiger partial charge in [-0.05, 0) is 12.1 Å². The number of anilines is 1. The summed E-state index contributed by atoms with van der Waals surface area (Å²) in [5, 5.41) is 23.4. The fraction of sp³-hybridized carbons (Fsp3) is 0.0909. The highest BCUT2D eigenvalue weighted by molar-refractivity contribution is 6.31. The molecule has 0 saturated heterocycles. The largest absolute Gasteiger partial charge is 0.369 e. The summed E-state index contributed by atoms with van der Waals surface area (Å²) < 4.78 is 0. The van der Waals surface area contributed by atoms with E-state index in [1.807, 2.05) is 0 Å². The maximum Gasteiger partial charge on any atom is 0.269 e. The molecule has 7 nitrogen and oxygen atoms in total. The molecule has 2 N–H and O–H groups in total. The van der Waals surface area contributed by atoms with Gasteiger partial charge in [-0.2, -0.15) is 0 Å². The lowest BCUT2D eigenvalue weighted by molar-refractivity contribution is -0.385. The molecule has 19 heavy (non-hydrogen) atoms. The van der Waals surface area contributed by atoms with E-state index < -0.39 is 11.2 Å². The molecule has 8 heteroatoms. The molecule has 1 atom stereocenters. The van der Waals surface area contributed by atoms with Gasteiger partial charge >= 0.3 is 0 Å². The maximum atomic E-state index is 10.7. The van der Waals surface area contributed by atoms with Crippen LogP contribution in [0.5, 0.6) is 0 Å². The van der Waals surface area contributed by atoms with Gasteiger partial charge in [0.1, 0.15) is 0 Å². The van der Waals surface area contributed by atoms with Crippen LogP contribution >= 0.6 is 11.6 Å². The summed E-state index contributed by atoms with van der Waals surface area (Å²) in [6, 6.07) is 5.43. The molecule has 2 rings (SSSR count). The van der Waals surface area contributed by atoms with E-state index in [0.717, 1.165) is 0 Å². The highest BCUT2D eigenvalue weighted by Gasteiger charge is 2.16. The summed E-state index contributed by atoms with van der Waals surface area (Å²) in [5.74, 6) is 0.192. The van der Waals surface area contributed by atoms with Crippen LogP contribution in [0.25, 0.3) is 0 Å². The highest BCUT2D eigenvalue weighted by Crippen LogP contribution is 2.27. The molecule has 0 fully saturated rings. The Bertz CT molecular complexity index is 594. The Balaban J connectivity index is 2.25. The van der Waals surface area contributed by atoms with E-state index >= 15 is 0 Å². The first-order valence-corrected chi connectivity index (χ1v) is 5.61. The van der Waals surface area contributed by atoms with E-state index in [9.17, 15) is 15.2 Å². The van der Waals surface area contributed by atoms with Gasteiger partial charge in [0.05, 0.1) is 4.92 Å². The van der Waals surface area contributed by atoms with Crippen molar-refractivity contribution in [1.82, 2.24) is 9.97 Å². The Morgan fingerprint density at radius 1 is 1.37 bits per heavy atom. The van der Waals surface area contributed by atoms with Crippen LogP contribution < -0.4 is 5.32 Å². The summed E-state index contributed by atoms with van der Waals surface area (Å²) in [4.78, 5) is 17.9. The lowest BCUT2D eigenvalue weighted by Crippen LogP contribution is -2.12. The summed E-state index contributed by atoms with van der Waals surface area (Å²) in [7, 11) is 0. The second-order valence-corrected chi connectivity index (χ2v) is 3.99. The van der Waals surface area contributed by atoms with Crippen LogP contribution in [0.3, 0.4) is 0 Å². The van der Waals surface area contributed by atoms with Crippen molar-refractivity contribution in [3.63, 3.8) is 0 Å². The van der Waals surface area contributed by atoms with Crippen LogP contribution in [0, 0.1) is 10.1 Å². The van der Waals surface area contributed by atoms with Gasteiger partial charge in [0.25, 0.3) is 5.69 Å². The van der Waals surface area contributed by atoms with E-state index in [0.29, 0.717) is 0 Å². The van der Waals surface area contributed by atoms with E-state index in [1.165, 1.54) is 30.6 Å². The quantitative estimate of drug-likeness (QED) is 0.505. The van der Waals surface area contributed by atoms with Crippen LogP contribution in [-0.2, 0) is 0 Å². The van der Waals surface area contributed by atoms with Crippen molar-refractivity contribution in [2.45, 2.75) is 6.23 Å². The van der Waals surface area contributed by atoms with Gasteiger partial charge < -0.3 is 10.4 Å². The van der Waals surface area contributed by atoms with Crippen LogP contribution in [0.1, 0.15) is 11.8 Å². The SMILES string of the molecule is O=[N+]([O-])c1ccc(Cl)c(C(O)Nc2ncccn2)c1. The third-order valence-corrected chi connectivity index (χ3v) is 2.66. The van der Waals surface area contributed by atoms with Gasteiger partial charge in [-0.25, -0.2) is 9.97 Å². The van der Waals surface area contributed by atoms with Crippen molar-refractivity contribution < 1.29 is 10.0 Å². The average molecular weight is 281 g/mol. The smallest absolute Gasteiger partial charge is 0.269 e. The van der Waals surface area contributed by atoms with Crippen molar-refractivity contribution >= 4 is 23.2 Å². The number of benzene rings is 1. The molecule has 98 valence electrons. The Kier molecular flexibility index (Phi) is 3.88. The molecule has 1 aromatic carbocycles. The van der Waals surface area contributed by atoms with Crippen LogP contribution in [0.2, 0.25) is 5.02 Å². The minimum atomic E-state index is -1.24. The molecule has 0 aliphatic rings. The van der Waals surface area contributed by atoms with Gasteiger partial charge in [-0.1, -0.05) is 11.6 Å². The number of nitro groups is 1. The highest BCUT2D eigenvalue weighted by atomic mass is 35.5. The summed E-state index contributed by atoms with van der Waals surface area (Å²) in [6.07, 6.45) is 1.75. The number of nitro benzene ring substituents is 1. The molecule has 2 aromatic rings. The Morgan fingerprint density at radius 2 is 2.05 bits per heavy atom. The Hall–Kier alpha value is -2.25. The zero-order chi connectivity index (χ0) is 13.8. The second-order valence-electron chi connectivity index (χ2n) is 3.58. The van der Waals surface area contributed by atoms with Crippen molar-refractivity contribution in [3.05, 3.63) is 57.4 Å². The topological polar surface area (TPSA) is 101 Å². The number of aliphatic hydroxyl groups is 1. The molecular formula is C11H9ClN4O3. The first kappa shape index (κ1) is 13.2. The van der Waals surface area contributed by atoms with E-state index in [1.54, 1.807) is 6.07 Å². The molecule has 0 aliphatic heterocycles. The molecule has 1 heterocycles. The van der Waals surface area contributed by atoms with Gasteiger partial charge in [0.15, 0.2) is 6.23 Å². The molecule has 0 bridgehead atoms. The molecule has 0 spiro atoms. The van der Waals surface area contributed by atoms with Crippen LogP contribution in [0.4, 0.5) is 11.6 Å². The normalized spacial score (nSPS) is 11.9. The lowest BCUT2D eigenvalue weighted by Gasteiger charge is -2.13. The van der Waals surface area contributed by atoms with Crippen molar-refractivity contribution in [2.75, 3.05) is 5.32 Å². The molecule has 1 aromatic heterocycles. The van der Waals surface area contributed by atoms with Gasteiger partial charge in [-0.15, -0.1) is 0 Å². The summed E-state index contributed by atoms with van der Waals surface area (Å²) >= 11 is 5.90. The number of hydrogen-bond acceptors (Lipinski definition) is 6. The van der Waals surface area contributed by atoms with Crippen LogP contribution in [-0.4, -0.2) is 20.0 Å². The number of halogens is 1. The molecule has 1 unspecified atom stereocenters. The standard InChI is InChI=1S/C11H9ClN4O3/c12-9-3-2-7(16(18)19)6-8(9)10(17)15-11-13-4-1-5-14-11/h1-6,10,17H,(H,13,14,15). The first-order valence-electron chi connectivity index (χ1n) is 5.23. The third kappa shape index (κ3) is 3.15. The molecule has 0 radical (unpaired) electrons. The number of non-ortho nitro benzene ring substituents is 1. The molecular weight excluding hydrogens is 272 g/mol. The zero-order valence-corrected chi connectivity index (χ0v) is 10.3. The monoisotopic (exact) mass is 280 g/mol. The Morgan fingerprint density at radius 3 is 2.68 bits per heavy atom. The first-order chi connectivity index (χ1) is 9.08. The number of rotatable bonds is 4. The summed E-state index contributed by atoms with van der Waals surface area (Å²) in [6.45, 7) is 0. The van der Waals surface area contributed by atoms with E-state index in [4.69, 9.17) is 11.6 Å². The average Bonchev–Trinajstić information content (AvgIpc) is 2.40. The number of aliphatic hydroxyl groups excluding tert-OH is 1. The number of hydrogen-bond donors (Lipinski definition) is 2. The molecule has 0 amide bonds. The van der Waals surface area contributed by atoms with Gasteiger partial charge in [-0.3, -0.25) is 10.1 Å². The third-order valence-electron chi connectivity index (χ3n) is 2.32. The lowest BCUT2D eigenvalue weighted by atomic mass is 10.1. The number of nitrogens with one attached hydrogen (secondary N) is 1. The zero-order valence-electron chi connectivity index (χ0n) is 9.52.